The number of rotatable bonds is 4. The molecular weight excluding hydrogens is 194 g/mol. The molecule has 15 heavy (non-hydrogen) atoms. The Kier molecular flexibility index (Phi) is 2.58. The molecule has 0 bridgehead atoms. The van der Waals surface area contributed by atoms with Crippen molar-refractivity contribution in [3.63, 3.8) is 0 Å². The van der Waals surface area contributed by atoms with Gasteiger partial charge in [-0.25, -0.2) is 9.78 Å². The fourth-order valence-electron chi connectivity index (χ4n) is 1.30. The quantitative estimate of drug-likeness (QED) is 0.818. The molecule has 1 N–H and O–H groups in total. The van der Waals surface area contributed by atoms with Gasteiger partial charge in [-0.15, -0.1) is 0 Å². The second-order valence-corrected chi connectivity index (χ2v) is 3.63. The predicted molar refractivity (Wildman–Crippen MR) is 54.2 cm³/mol. The minimum atomic E-state index is -1.03. The molecule has 1 saturated carbocycles. The second-order valence-electron chi connectivity index (χ2n) is 3.63. The lowest BCUT2D eigenvalue weighted by Gasteiger charge is -2.08. The lowest BCUT2D eigenvalue weighted by molar-refractivity contribution is 0.0684. The number of nitrogens with zero attached hydrogens (tertiary/aromatic N) is 1. The average Bonchev–Trinajstić information content (AvgIpc) is 3.02. The highest BCUT2D eigenvalue weighted by molar-refractivity contribution is 5.88. The van der Waals surface area contributed by atoms with Crippen LogP contribution in [0.5, 0.6) is 5.75 Å². The van der Waals surface area contributed by atoms with Gasteiger partial charge in [0.05, 0.1) is 6.10 Å². The van der Waals surface area contributed by atoms with E-state index in [4.69, 9.17) is 9.84 Å². The van der Waals surface area contributed by atoms with Crippen molar-refractivity contribution in [2.45, 2.75) is 32.3 Å². The van der Waals surface area contributed by atoms with Gasteiger partial charge in [0.25, 0.3) is 0 Å². The van der Waals surface area contributed by atoms with Gasteiger partial charge >= 0.3 is 5.97 Å². The minimum absolute atomic E-state index is 0.0289. The van der Waals surface area contributed by atoms with Crippen LogP contribution in [0.4, 0.5) is 0 Å². The molecule has 1 aliphatic carbocycles. The third kappa shape index (κ3) is 2.26. The first-order chi connectivity index (χ1) is 7.20. The maximum Gasteiger partial charge on any atom is 0.358 e. The van der Waals surface area contributed by atoms with E-state index in [-0.39, 0.29) is 11.8 Å². The normalized spacial score (nSPS) is 15.0. The molecule has 0 spiro atoms. The SMILES string of the molecule is CCc1ccc(OC2CC2)c(C(=O)O)n1. The van der Waals surface area contributed by atoms with Gasteiger partial charge in [0.2, 0.25) is 0 Å². The molecule has 4 heteroatoms. The van der Waals surface area contributed by atoms with Gasteiger partial charge < -0.3 is 9.84 Å². The zero-order valence-electron chi connectivity index (χ0n) is 8.56. The Morgan fingerprint density at radius 2 is 2.33 bits per heavy atom. The molecule has 4 nitrogen and oxygen atoms in total. The number of hydrogen-bond acceptors (Lipinski definition) is 3. The first-order valence-corrected chi connectivity index (χ1v) is 5.10. The van der Waals surface area contributed by atoms with Crippen molar-refractivity contribution in [2.24, 2.45) is 0 Å². The van der Waals surface area contributed by atoms with Crippen LogP contribution in [0, 0.1) is 0 Å². The fourth-order valence-corrected chi connectivity index (χ4v) is 1.30. The van der Waals surface area contributed by atoms with Crippen LogP contribution in [-0.4, -0.2) is 22.2 Å². The molecule has 0 unspecified atom stereocenters. The van der Waals surface area contributed by atoms with E-state index in [0.717, 1.165) is 25.0 Å². The van der Waals surface area contributed by atoms with E-state index in [0.29, 0.717) is 5.75 Å². The van der Waals surface area contributed by atoms with Crippen molar-refractivity contribution in [3.05, 3.63) is 23.5 Å². The molecule has 80 valence electrons. The highest BCUT2D eigenvalue weighted by atomic mass is 16.5. The summed E-state index contributed by atoms with van der Waals surface area (Å²) in [6.07, 6.45) is 2.94. The molecule has 1 heterocycles. The molecule has 2 rings (SSSR count). The Bertz CT molecular complexity index is 385. The van der Waals surface area contributed by atoms with Gasteiger partial charge in [-0.2, -0.15) is 0 Å². The van der Waals surface area contributed by atoms with Crippen LogP contribution < -0.4 is 4.74 Å². The summed E-state index contributed by atoms with van der Waals surface area (Å²) < 4.78 is 5.47. The van der Waals surface area contributed by atoms with E-state index in [9.17, 15) is 4.79 Å². The summed E-state index contributed by atoms with van der Waals surface area (Å²) in [6.45, 7) is 1.94. The van der Waals surface area contributed by atoms with E-state index in [1.165, 1.54) is 0 Å². The summed E-state index contributed by atoms with van der Waals surface area (Å²) >= 11 is 0. The Hall–Kier alpha value is -1.58. The number of aromatic nitrogens is 1. The summed E-state index contributed by atoms with van der Waals surface area (Å²) in [6, 6.07) is 3.51. The number of hydrogen-bond donors (Lipinski definition) is 1. The number of carboxylic acid groups (broad SMARTS) is 1. The number of pyridine rings is 1. The van der Waals surface area contributed by atoms with Gasteiger partial charge in [-0.3, -0.25) is 0 Å². The second kappa shape index (κ2) is 3.88. The summed E-state index contributed by atoms with van der Waals surface area (Å²) in [5.41, 5.74) is 0.803. The third-order valence-electron chi connectivity index (χ3n) is 2.30. The van der Waals surface area contributed by atoms with E-state index in [2.05, 4.69) is 4.98 Å². The van der Waals surface area contributed by atoms with Crippen molar-refractivity contribution >= 4 is 5.97 Å². The first kappa shape index (κ1) is 9.96. The maximum atomic E-state index is 10.9. The van der Waals surface area contributed by atoms with Crippen LogP contribution in [-0.2, 0) is 6.42 Å². The van der Waals surface area contributed by atoms with E-state index in [1.54, 1.807) is 6.07 Å². The highest BCUT2D eigenvalue weighted by Crippen LogP contribution is 2.28. The predicted octanol–water partition coefficient (Wildman–Crippen LogP) is 1.88. The number of aryl methyl sites for hydroxylation is 1. The zero-order valence-corrected chi connectivity index (χ0v) is 8.56. The lowest BCUT2D eigenvalue weighted by atomic mass is 10.2. The lowest BCUT2D eigenvalue weighted by Crippen LogP contribution is -2.08. The van der Waals surface area contributed by atoms with E-state index < -0.39 is 5.97 Å². The summed E-state index contributed by atoms with van der Waals surface area (Å²) in [4.78, 5) is 15.0. The molecule has 0 aromatic carbocycles. The van der Waals surface area contributed by atoms with E-state index >= 15 is 0 Å². The molecule has 0 saturated heterocycles. The molecule has 1 aliphatic rings. The third-order valence-corrected chi connectivity index (χ3v) is 2.30. The van der Waals surface area contributed by atoms with Crippen molar-refractivity contribution in [3.8, 4) is 5.75 Å². The summed E-state index contributed by atoms with van der Waals surface area (Å²) in [7, 11) is 0. The van der Waals surface area contributed by atoms with Crippen LogP contribution in [0.15, 0.2) is 12.1 Å². The van der Waals surface area contributed by atoms with Gasteiger partial charge in [0.1, 0.15) is 0 Å². The largest absolute Gasteiger partial charge is 0.488 e. The number of aromatic carboxylic acids is 1. The van der Waals surface area contributed by atoms with Crippen LogP contribution >= 0.6 is 0 Å². The smallest absolute Gasteiger partial charge is 0.358 e. The molecule has 0 radical (unpaired) electrons. The topological polar surface area (TPSA) is 59.4 Å². The molecule has 0 aliphatic heterocycles. The zero-order chi connectivity index (χ0) is 10.8. The van der Waals surface area contributed by atoms with Crippen molar-refractivity contribution < 1.29 is 14.6 Å². The van der Waals surface area contributed by atoms with Gasteiger partial charge in [0.15, 0.2) is 11.4 Å². The molecule has 0 amide bonds. The standard InChI is InChI=1S/C11H13NO3/c1-2-7-3-6-9(15-8-4-5-8)10(12-7)11(13)14/h3,6,8H,2,4-5H2,1H3,(H,13,14). The highest BCUT2D eigenvalue weighted by Gasteiger charge is 2.26. The Morgan fingerprint density at radius 3 is 2.87 bits per heavy atom. The number of carboxylic acids is 1. The van der Waals surface area contributed by atoms with Gasteiger partial charge in [-0.1, -0.05) is 6.92 Å². The number of ether oxygens (including phenoxy) is 1. The Balaban J connectivity index is 2.29. The van der Waals surface area contributed by atoms with Crippen molar-refractivity contribution in [2.75, 3.05) is 0 Å². The fraction of sp³-hybridized carbons (Fsp3) is 0.455. The molecule has 1 aromatic rings. The van der Waals surface area contributed by atoms with Crippen LogP contribution in [0.1, 0.15) is 35.9 Å². The van der Waals surface area contributed by atoms with E-state index in [1.807, 2.05) is 13.0 Å². The Morgan fingerprint density at radius 1 is 1.60 bits per heavy atom. The molecular formula is C11H13NO3. The van der Waals surface area contributed by atoms with Crippen LogP contribution in [0.25, 0.3) is 0 Å². The van der Waals surface area contributed by atoms with Crippen LogP contribution in [0.3, 0.4) is 0 Å². The monoisotopic (exact) mass is 207 g/mol. The molecule has 0 atom stereocenters. The van der Waals surface area contributed by atoms with Crippen molar-refractivity contribution in [1.82, 2.24) is 4.98 Å². The van der Waals surface area contributed by atoms with Gasteiger partial charge in [0, 0.05) is 5.69 Å². The van der Waals surface area contributed by atoms with Crippen molar-refractivity contribution in [1.29, 1.82) is 0 Å². The summed E-state index contributed by atoms with van der Waals surface area (Å²) in [5, 5.41) is 8.98. The number of carbonyl (C=O) groups is 1. The maximum absolute atomic E-state index is 10.9. The molecule has 1 aromatic heterocycles. The average molecular weight is 207 g/mol. The Labute approximate surface area is 87.9 Å². The first-order valence-electron chi connectivity index (χ1n) is 5.10. The van der Waals surface area contributed by atoms with Gasteiger partial charge in [-0.05, 0) is 31.4 Å². The summed E-state index contributed by atoms with van der Waals surface area (Å²) in [5.74, 6) is -0.636. The minimum Gasteiger partial charge on any atom is -0.488 e. The molecule has 1 fully saturated rings. The van der Waals surface area contributed by atoms with Crippen LogP contribution in [0.2, 0.25) is 0 Å².